The summed E-state index contributed by atoms with van der Waals surface area (Å²) in [4.78, 5) is 60.3. The number of hydrogen-bond acceptors (Lipinski definition) is 8. The number of ether oxygens (including phenoxy) is 2. The van der Waals surface area contributed by atoms with E-state index in [1.165, 1.54) is 0 Å². The molecule has 0 saturated carbocycles. The molecule has 0 aliphatic carbocycles. The fourth-order valence-electron chi connectivity index (χ4n) is 5.67. The van der Waals surface area contributed by atoms with Crippen LogP contribution in [-0.2, 0) is 18.8 Å². The highest BCUT2D eigenvalue weighted by Gasteiger charge is 2.53. The van der Waals surface area contributed by atoms with Gasteiger partial charge in [0.05, 0.1) is 33.3 Å². The largest absolute Gasteiger partial charge is 0.492 e. The molecule has 2 aromatic carbocycles. The summed E-state index contributed by atoms with van der Waals surface area (Å²) < 4.78 is 23.7. The molecule has 2 amide bonds. The van der Waals surface area contributed by atoms with Crippen LogP contribution in [0.4, 0.5) is 9.59 Å². The first-order valence-corrected chi connectivity index (χ1v) is 18.6. The predicted molar refractivity (Wildman–Crippen MR) is 213 cm³/mol. The van der Waals surface area contributed by atoms with Gasteiger partial charge in [-0.15, -0.1) is 0 Å². The molecule has 0 unspecified atom stereocenters. The van der Waals surface area contributed by atoms with Crippen LogP contribution in [0.15, 0.2) is 68.1 Å². The molecule has 1 fully saturated rings. The van der Waals surface area contributed by atoms with Crippen molar-refractivity contribution < 1.29 is 28.4 Å². The highest BCUT2D eigenvalue weighted by molar-refractivity contribution is 9.10. The lowest BCUT2D eigenvalue weighted by atomic mass is 9.79. The van der Waals surface area contributed by atoms with Crippen molar-refractivity contribution in [2.45, 2.75) is 91.6 Å². The topological polar surface area (TPSA) is 175 Å². The summed E-state index contributed by atoms with van der Waals surface area (Å²) in [5, 5.41) is 0. The molecule has 5 heterocycles. The van der Waals surface area contributed by atoms with Crippen molar-refractivity contribution in [3.63, 3.8) is 0 Å². The quantitative estimate of drug-likeness (QED) is 0.158. The average molecular weight is 810 g/mol. The Hall–Kier alpha value is -4.54. The number of hydrogen-bond donors (Lipinski definition) is 4. The number of carbonyl (C=O) groups is 2. The van der Waals surface area contributed by atoms with Crippen LogP contribution in [0, 0.1) is 0 Å². The Bertz CT molecular complexity index is 2180. The number of rotatable bonds is 2. The van der Waals surface area contributed by atoms with Crippen molar-refractivity contribution in [2.24, 2.45) is 0 Å². The maximum absolute atomic E-state index is 12.1. The first-order valence-electron chi connectivity index (χ1n) is 17.8. The van der Waals surface area contributed by atoms with Crippen molar-refractivity contribution >= 4 is 62.9 Å². The molecule has 0 radical (unpaired) electrons. The van der Waals surface area contributed by atoms with E-state index in [1.807, 2.05) is 118 Å². The summed E-state index contributed by atoms with van der Waals surface area (Å²) in [5.74, 6) is 0. The molecule has 290 valence electrons. The second-order valence-electron chi connectivity index (χ2n) is 16.4. The highest BCUT2D eigenvalue weighted by atomic mass is 79.9. The standard InChI is InChI=1S/C16H19N3O3.C15H26BNO4.C7H5BrN2O/c1-16(2,3)22-15(21)19-7-6-11(9-19)10-4-5-12-13(8-10)18-14(20)17-12;1-13(2,3)19-12(18)17-9-8-11(10-17)16-20-14(4,5)15(6,7)21-16;8-4-1-2-5-6(3-4)10-7(11)9-5/h4-6,8H,7,9H2,1-3H3,(H2,17,18,20);8H,9-10H2,1-7H3;1-3H,(H2,9,10,11). The van der Waals surface area contributed by atoms with Crippen molar-refractivity contribution in [3.05, 3.63) is 85.0 Å². The Morgan fingerprint density at radius 2 is 1.17 bits per heavy atom. The number of aromatic amines is 4. The van der Waals surface area contributed by atoms with Gasteiger partial charge in [0.25, 0.3) is 0 Å². The van der Waals surface area contributed by atoms with Gasteiger partial charge < -0.3 is 48.5 Å². The van der Waals surface area contributed by atoms with Crippen LogP contribution in [0.5, 0.6) is 0 Å². The summed E-state index contributed by atoms with van der Waals surface area (Å²) in [6.07, 6.45) is 3.39. The van der Waals surface area contributed by atoms with Gasteiger partial charge in [0.15, 0.2) is 0 Å². The van der Waals surface area contributed by atoms with Crippen molar-refractivity contribution in [1.29, 1.82) is 0 Å². The third kappa shape index (κ3) is 10.2. The van der Waals surface area contributed by atoms with Crippen LogP contribution >= 0.6 is 15.9 Å². The number of imidazole rings is 2. The zero-order chi connectivity index (χ0) is 39.8. The third-order valence-corrected chi connectivity index (χ3v) is 9.58. The molecule has 54 heavy (non-hydrogen) atoms. The summed E-state index contributed by atoms with van der Waals surface area (Å²) in [5.41, 5.74) is 4.13. The normalized spacial score (nSPS) is 17.8. The minimum absolute atomic E-state index is 0.168. The number of aromatic nitrogens is 4. The summed E-state index contributed by atoms with van der Waals surface area (Å²) >= 11 is 3.31. The maximum atomic E-state index is 12.1. The number of carbonyl (C=O) groups excluding carboxylic acids is 2. The molecule has 2 aromatic heterocycles. The minimum atomic E-state index is -0.497. The van der Waals surface area contributed by atoms with E-state index in [-0.39, 0.29) is 41.9 Å². The summed E-state index contributed by atoms with van der Waals surface area (Å²) in [7, 11) is -0.387. The molecule has 4 N–H and O–H groups in total. The Balaban J connectivity index is 0.000000164. The number of halogens is 1. The SMILES string of the molecule is CC(C)(C)OC(=O)N1CC=C(B2OC(C)(C)C(C)(C)O2)C1.CC(C)(C)OC(=O)N1CC=C(c2ccc3[nH]c(=O)[nH]c3c2)C1.O=c1[nH]c2ccc(Br)cc2[nH]1. The van der Waals surface area contributed by atoms with Crippen molar-refractivity contribution in [3.8, 4) is 0 Å². The van der Waals surface area contributed by atoms with Gasteiger partial charge in [-0.3, -0.25) is 0 Å². The van der Waals surface area contributed by atoms with Crippen LogP contribution in [0.1, 0.15) is 74.8 Å². The van der Waals surface area contributed by atoms with Gasteiger partial charge >= 0.3 is 30.7 Å². The molecule has 14 nitrogen and oxygen atoms in total. The zero-order valence-corrected chi connectivity index (χ0v) is 34.1. The van der Waals surface area contributed by atoms with Gasteiger partial charge in [0.2, 0.25) is 0 Å². The molecule has 7 rings (SSSR count). The number of H-pyrrole nitrogens is 4. The van der Waals surface area contributed by atoms with E-state index in [2.05, 4.69) is 35.9 Å². The average Bonchev–Trinajstić information content (AvgIpc) is 3.86. The number of nitrogens with zero attached hydrogens (tertiary/aromatic N) is 2. The molecular formula is C38H50BBrN6O8. The van der Waals surface area contributed by atoms with E-state index in [0.29, 0.717) is 26.2 Å². The number of fused-ring (bicyclic) bond motifs is 2. The van der Waals surface area contributed by atoms with E-state index >= 15 is 0 Å². The predicted octanol–water partition coefficient (Wildman–Crippen LogP) is 6.90. The molecule has 0 atom stereocenters. The second kappa shape index (κ2) is 15.3. The molecule has 4 aromatic rings. The van der Waals surface area contributed by atoms with Gasteiger partial charge in [-0.25, -0.2) is 19.2 Å². The fraction of sp³-hybridized carbons (Fsp3) is 0.474. The van der Waals surface area contributed by atoms with Crippen LogP contribution in [0.2, 0.25) is 0 Å². The van der Waals surface area contributed by atoms with Crippen LogP contribution in [0.25, 0.3) is 27.6 Å². The smallest absolute Gasteiger partial charge is 0.444 e. The van der Waals surface area contributed by atoms with Gasteiger partial charge in [0, 0.05) is 30.7 Å². The molecule has 1 saturated heterocycles. The number of nitrogens with one attached hydrogen (secondary N) is 4. The zero-order valence-electron chi connectivity index (χ0n) is 32.6. The van der Waals surface area contributed by atoms with Crippen LogP contribution < -0.4 is 11.4 Å². The molecule has 3 aliphatic rings. The van der Waals surface area contributed by atoms with E-state index < -0.39 is 11.2 Å². The monoisotopic (exact) mass is 808 g/mol. The van der Waals surface area contributed by atoms with Gasteiger partial charge in [-0.05, 0) is 116 Å². The Kier molecular flexibility index (Phi) is 11.5. The second-order valence-corrected chi connectivity index (χ2v) is 17.3. The molecule has 0 bridgehead atoms. The molecular weight excluding hydrogens is 759 g/mol. The highest BCUT2D eigenvalue weighted by Crippen LogP contribution is 2.39. The van der Waals surface area contributed by atoms with E-state index in [4.69, 9.17) is 18.8 Å². The Morgan fingerprint density at radius 1 is 0.704 bits per heavy atom. The number of amides is 2. The third-order valence-electron chi connectivity index (χ3n) is 9.09. The number of benzene rings is 2. The first kappa shape index (κ1) is 40.6. The van der Waals surface area contributed by atoms with E-state index in [0.717, 1.165) is 43.1 Å². The Labute approximate surface area is 322 Å². The Morgan fingerprint density at radius 3 is 1.70 bits per heavy atom. The van der Waals surface area contributed by atoms with Gasteiger partial charge in [-0.2, -0.15) is 0 Å². The lowest BCUT2D eigenvalue weighted by Gasteiger charge is -2.32. The lowest BCUT2D eigenvalue weighted by molar-refractivity contribution is 0.00578. The molecule has 16 heteroatoms. The lowest BCUT2D eigenvalue weighted by Crippen LogP contribution is -2.41. The van der Waals surface area contributed by atoms with Crippen molar-refractivity contribution in [2.75, 3.05) is 26.2 Å². The minimum Gasteiger partial charge on any atom is -0.444 e. The summed E-state index contributed by atoms with van der Waals surface area (Å²) in [6.45, 7) is 21.3. The molecule has 0 spiro atoms. The molecule has 3 aliphatic heterocycles. The van der Waals surface area contributed by atoms with E-state index in [9.17, 15) is 19.2 Å². The summed E-state index contributed by atoms with van der Waals surface area (Å²) in [6, 6.07) is 11.3. The van der Waals surface area contributed by atoms with Gasteiger partial charge in [0.1, 0.15) is 11.2 Å². The first-order chi connectivity index (χ1) is 25.0. The maximum Gasteiger partial charge on any atom is 0.492 e. The van der Waals surface area contributed by atoms with Crippen LogP contribution in [-0.4, -0.2) is 97.6 Å². The van der Waals surface area contributed by atoms with Crippen LogP contribution in [0.3, 0.4) is 0 Å². The van der Waals surface area contributed by atoms with Gasteiger partial charge in [-0.1, -0.05) is 34.1 Å². The van der Waals surface area contributed by atoms with Crippen molar-refractivity contribution in [1.82, 2.24) is 29.7 Å². The van der Waals surface area contributed by atoms with E-state index in [1.54, 1.807) is 9.80 Å². The fourth-order valence-corrected chi connectivity index (χ4v) is 6.04.